The number of nitrogen functional groups attached to an aromatic ring is 1. The van der Waals surface area contributed by atoms with Crippen molar-refractivity contribution >= 4 is 17.4 Å². The summed E-state index contributed by atoms with van der Waals surface area (Å²) in [7, 11) is 2.08. The zero-order chi connectivity index (χ0) is 15.2. The molecule has 0 fully saturated rings. The Balaban J connectivity index is 1.93. The molecular formula is C17H20ClN3. The number of amidine groups is 1. The van der Waals surface area contributed by atoms with Gasteiger partial charge in [-0.25, -0.2) is 0 Å². The van der Waals surface area contributed by atoms with Crippen LogP contribution in [0, 0.1) is 5.41 Å². The van der Waals surface area contributed by atoms with Gasteiger partial charge in [-0.05, 0) is 30.7 Å². The third kappa shape index (κ3) is 4.59. The van der Waals surface area contributed by atoms with Crippen molar-refractivity contribution in [3.05, 3.63) is 70.2 Å². The largest absolute Gasteiger partial charge is 0.384 e. The monoisotopic (exact) mass is 301 g/mol. The number of rotatable bonds is 6. The molecule has 0 aliphatic carbocycles. The molecule has 0 atom stereocenters. The number of nitrogens with two attached hydrogens (primary N) is 1. The fraction of sp³-hybridized carbons (Fsp3) is 0.235. The molecule has 0 aliphatic heterocycles. The van der Waals surface area contributed by atoms with Gasteiger partial charge in [0.1, 0.15) is 5.84 Å². The van der Waals surface area contributed by atoms with Crippen LogP contribution in [-0.4, -0.2) is 24.3 Å². The lowest BCUT2D eigenvalue weighted by molar-refractivity contribution is 0.331. The summed E-state index contributed by atoms with van der Waals surface area (Å²) < 4.78 is 0. The third-order valence-corrected chi connectivity index (χ3v) is 3.78. The van der Waals surface area contributed by atoms with E-state index in [-0.39, 0.29) is 5.84 Å². The predicted molar refractivity (Wildman–Crippen MR) is 88.9 cm³/mol. The molecular weight excluding hydrogens is 282 g/mol. The molecule has 0 bridgehead atoms. The van der Waals surface area contributed by atoms with Gasteiger partial charge in [0, 0.05) is 23.7 Å². The molecule has 2 aromatic rings. The maximum absolute atomic E-state index is 7.41. The first kappa shape index (κ1) is 15.5. The van der Waals surface area contributed by atoms with Gasteiger partial charge in [-0.1, -0.05) is 54.1 Å². The van der Waals surface area contributed by atoms with Crippen LogP contribution in [0.5, 0.6) is 0 Å². The van der Waals surface area contributed by atoms with Gasteiger partial charge in [-0.2, -0.15) is 0 Å². The van der Waals surface area contributed by atoms with E-state index in [0.717, 1.165) is 25.1 Å². The van der Waals surface area contributed by atoms with Gasteiger partial charge in [0.25, 0.3) is 0 Å². The maximum Gasteiger partial charge on any atom is 0.122 e. The van der Waals surface area contributed by atoms with Crippen LogP contribution in [0.1, 0.15) is 16.7 Å². The quantitative estimate of drug-likeness (QED) is 0.635. The van der Waals surface area contributed by atoms with Crippen molar-refractivity contribution in [2.45, 2.75) is 13.0 Å². The van der Waals surface area contributed by atoms with Crippen molar-refractivity contribution in [3.8, 4) is 0 Å². The number of nitrogens with zero attached hydrogens (tertiary/aromatic N) is 1. The lowest BCUT2D eigenvalue weighted by Gasteiger charge is -2.18. The van der Waals surface area contributed by atoms with Gasteiger partial charge in [0.15, 0.2) is 0 Å². The van der Waals surface area contributed by atoms with Gasteiger partial charge < -0.3 is 10.6 Å². The molecule has 0 amide bonds. The van der Waals surface area contributed by atoms with E-state index >= 15 is 0 Å². The summed E-state index contributed by atoms with van der Waals surface area (Å²) in [5.41, 5.74) is 8.51. The standard InChI is InChI=1S/C17H20ClN3/c1-21(10-9-13-5-3-2-4-6-13)12-15-8-7-14(17(19)20)11-16(15)18/h2-8,11H,9-10,12H2,1H3,(H3,19,20). The highest BCUT2D eigenvalue weighted by Gasteiger charge is 2.07. The van der Waals surface area contributed by atoms with Crippen LogP contribution in [0.15, 0.2) is 48.5 Å². The zero-order valence-corrected chi connectivity index (χ0v) is 12.9. The molecule has 21 heavy (non-hydrogen) atoms. The van der Waals surface area contributed by atoms with E-state index in [1.54, 1.807) is 6.07 Å². The van der Waals surface area contributed by atoms with Crippen LogP contribution >= 0.6 is 11.6 Å². The molecule has 0 saturated carbocycles. The van der Waals surface area contributed by atoms with Crippen LogP contribution < -0.4 is 5.73 Å². The summed E-state index contributed by atoms with van der Waals surface area (Å²) in [5.74, 6) is 0.0425. The third-order valence-electron chi connectivity index (χ3n) is 3.43. The molecule has 3 N–H and O–H groups in total. The molecule has 3 nitrogen and oxygen atoms in total. The second-order valence-corrected chi connectivity index (χ2v) is 5.60. The Morgan fingerprint density at radius 1 is 1.19 bits per heavy atom. The van der Waals surface area contributed by atoms with Crippen LogP contribution in [0.2, 0.25) is 5.02 Å². The molecule has 0 unspecified atom stereocenters. The zero-order valence-electron chi connectivity index (χ0n) is 12.1. The van der Waals surface area contributed by atoms with E-state index < -0.39 is 0 Å². The maximum atomic E-state index is 7.41. The van der Waals surface area contributed by atoms with Gasteiger partial charge in [-0.3, -0.25) is 5.41 Å². The lowest BCUT2D eigenvalue weighted by Crippen LogP contribution is -2.21. The Labute approximate surface area is 130 Å². The summed E-state index contributed by atoms with van der Waals surface area (Å²) in [5, 5.41) is 8.08. The fourth-order valence-corrected chi connectivity index (χ4v) is 2.42. The summed E-state index contributed by atoms with van der Waals surface area (Å²) in [4.78, 5) is 2.24. The van der Waals surface area contributed by atoms with Crippen LogP contribution in [-0.2, 0) is 13.0 Å². The minimum atomic E-state index is 0.0425. The van der Waals surface area contributed by atoms with Crippen molar-refractivity contribution in [1.82, 2.24) is 4.90 Å². The Bertz CT molecular complexity index is 611. The molecule has 110 valence electrons. The Morgan fingerprint density at radius 3 is 2.52 bits per heavy atom. The van der Waals surface area contributed by atoms with Crippen molar-refractivity contribution in [2.24, 2.45) is 5.73 Å². The Kier molecular flexibility index (Phi) is 5.37. The smallest absolute Gasteiger partial charge is 0.122 e. The van der Waals surface area contributed by atoms with Crippen molar-refractivity contribution in [1.29, 1.82) is 5.41 Å². The molecule has 4 heteroatoms. The first-order valence-corrected chi connectivity index (χ1v) is 7.29. The molecule has 0 aliphatic rings. The lowest BCUT2D eigenvalue weighted by atomic mass is 10.1. The normalized spacial score (nSPS) is 10.8. The van der Waals surface area contributed by atoms with Gasteiger partial charge in [0.05, 0.1) is 0 Å². The molecule has 2 rings (SSSR count). The fourth-order valence-electron chi connectivity index (χ4n) is 2.18. The molecule has 0 aromatic heterocycles. The van der Waals surface area contributed by atoms with Crippen LogP contribution in [0.4, 0.5) is 0 Å². The average Bonchev–Trinajstić information content (AvgIpc) is 2.48. The first-order chi connectivity index (χ1) is 10.1. The SMILES string of the molecule is CN(CCc1ccccc1)Cc1ccc(C(=N)N)cc1Cl. The number of likely N-dealkylation sites (N-methyl/N-ethyl adjacent to an activating group) is 1. The van der Waals surface area contributed by atoms with Gasteiger partial charge >= 0.3 is 0 Å². The number of halogens is 1. The van der Waals surface area contributed by atoms with Crippen LogP contribution in [0.25, 0.3) is 0 Å². The summed E-state index contributed by atoms with van der Waals surface area (Å²) >= 11 is 6.26. The van der Waals surface area contributed by atoms with E-state index in [0.29, 0.717) is 10.6 Å². The van der Waals surface area contributed by atoms with Crippen molar-refractivity contribution < 1.29 is 0 Å². The first-order valence-electron chi connectivity index (χ1n) is 6.91. The molecule has 2 aromatic carbocycles. The average molecular weight is 302 g/mol. The number of nitrogens with one attached hydrogen (secondary N) is 1. The van der Waals surface area contributed by atoms with E-state index in [1.807, 2.05) is 18.2 Å². The van der Waals surface area contributed by atoms with E-state index in [4.69, 9.17) is 22.7 Å². The van der Waals surface area contributed by atoms with Crippen molar-refractivity contribution in [3.63, 3.8) is 0 Å². The van der Waals surface area contributed by atoms with Gasteiger partial charge in [0.2, 0.25) is 0 Å². The summed E-state index contributed by atoms with van der Waals surface area (Å²) in [6.07, 6.45) is 1.01. The summed E-state index contributed by atoms with van der Waals surface area (Å²) in [6.45, 7) is 1.75. The second-order valence-electron chi connectivity index (χ2n) is 5.19. The molecule has 0 radical (unpaired) electrons. The topological polar surface area (TPSA) is 53.1 Å². The van der Waals surface area contributed by atoms with Crippen LogP contribution in [0.3, 0.4) is 0 Å². The highest BCUT2D eigenvalue weighted by Crippen LogP contribution is 2.19. The highest BCUT2D eigenvalue weighted by molar-refractivity contribution is 6.31. The Hall–Kier alpha value is -1.84. The van der Waals surface area contributed by atoms with Gasteiger partial charge in [-0.15, -0.1) is 0 Å². The van der Waals surface area contributed by atoms with E-state index in [9.17, 15) is 0 Å². The highest BCUT2D eigenvalue weighted by atomic mass is 35.5. The molecule has 0 heterocycles. The number of benzene rings is 2. The minimum absolute atomic E-state index is 0.0425. The number of hydrogen-bond acceptors (Lipinski definition) is 2. The Morgan fingerprint density at radius 2 is 1.90 bits per heavy atom. The predicted octanol–water partition coefficient (Wildman–Crippen LogP) is 3.30. The second kappa shape index (κ2) is 7.25. The van der Waals surface area contributed by atoms with E-state index in [2.05, 4.69) is 36.2 Å². The minimum Gasteiger partial charge on any atom is -0.384 e. The number of hydrogen-bond donors (Lipinski definition) is 2. The van der Waals surface area contributed by atoms with E-state index in [1.165, 1.54) is 5.56 Å². The summed E-state index contributed by atoms with van der Waals surface area (Å²) in [6, 6.07) is 16.0. The van der Waals surface area contributed by atoms with Crippen molar-refractivity contribution in [2.75, 3.05) is 13.6 Å². The molecule has 0 saturated heterocycles. The molecule has 0 spiro atoms.